The van der Waals surface area contributed by atoms with Gasteiger partial charge in [0.1, 0.15) is 0 Å². The number of nitrogens with one attached hydrogen (secondary N) is 3. The van der Waals surface area contributed by atoms with Crippen molar-refractivity contribution in [3.8, 4) is 11.3 Å². The van der Waals surface area contributed by atoms with Crippen molar-refractivity contribution in [1.82, 2.24) is 5.32 Å². The van der Waals surface area contributed by atoms with Gasteiger partial charge in [0, 0.05) is 0 Å². The number of carbonyl (C=O) groups excluding carboxylic acids is 2. The van der Waals surface area contributed by atoms with Crippen LogP contribution in [0.25, 0.3) is 17.4 Å². The van der Waals surface area contributed by atoms with Gasteiger partial charge < -0.3 is 0 Å². The van der Waals surface area contributed by atoms with Crippen LogP contribution in [0.2, 0.25) is 0 Å². The second-order valence-electron chi connectivity index (χ2n) is 10.9. The molecule has 0 unspecified atom stereocenters. The summed E-state index contributed by atoms with van der Waals surface area (Å²) in [5, 5.41) is 5.56. The predicted molar refractivity (Wildman–Crippen MR) is 196 cm³/mol. The molecule has 9 nitrogen and oxygen atoms in total. The molecule has 4 aromatic rings. The Morgan fingerprint density at radius 2 is 1.64 bits per heavy atom. The van der Waals surface area contributed by atoms with Crippen molar-refractivity contribution in [3.63, 3.8) is 0 Å². The molecule has 0 aliphatic heterocycles. The van der Waals surface area contributed by atoms with E-state index < -0.39 is 41.9 Å². The first-order valence-electron chi connectivity index (χ1n) is 14.2. The zero-order valence-electron chi connectivity index (χ0n) is 24.6. The molecule has 0 atom stereocenters. The van der Waals surface area contributed by atoms with Crippen LogP contribution in [0.3, 0.4) is 0 Å². The summed E-state index contributed by atoms with van der Waals surface area (Å²) in [6.07, 6.45) is 6.10. The molecule has 2 amide bonds. The summed E-state index contributed by atoms with van der Waals surface area (Å²) in [5.41, 5.74) is 4.96. The van der Waals surface area contributed by atoms with Crippen LogP contribution in [0.4, 0.5) is 16.2 Å². The van der Waals surface area contributed by atoms with Crippen LogP contribution < -0.4 is 14.2 Å². The van der Waals surface area contributed by atoms with E-state index in [1.54, 1.807) is 24.3 Å². The number of furan rings is 1. The van der Waals surface area contributed by atoms with Crippen LogP contribution in [0.5, 0.6) is 0 Å². The number of hydrogen-bond acceptors (Lipinski definition) is 6. The number of hydrogen-bond donors (Lipinski definition) is 4. The summed E-state index contributed by atoms with van der Waals surface area (Å²) < 4.78 is 40.9. The van der Waals surface area contributed by atoms with Crippen LogP contribution in [0.15, 0.2) is 89.4 Å². The third-order valence-electron chi connectivity index (χ3n) is 7.02. The molecule has 0 fully saturated rings. The molecule has 1 aliphatic carbocycles. The monoisotopic (exact) mass is 853 g/mol. The van der Waals surface area contributed by atoms with Gasteiger partial charge in [-0.05, 0) is 0 Å². The molecular formula is C33H33I2N3O6S. The number of halogens is 2. The molecule has 0 saturated carbocycles. The van der Waals surface area contributed by atoms with E-state index in [9.17, 15) is 18.0 Å². The third kappa shape index (κ3) is 8.95. The normalized spacial score (nSPS) is 13.1. The Morgan fingerprint density at radius 3 is 2.27 bits per heavy atom. The van der Waals surface area contributed by atoms with E-state index >= 15 is 0 Å². The first-order valence-corrected chi connectivity index (χ1v) is 20.1. The predicted octanol–water partition coefficient (Wildman–Crippen LogP) is 8.13. The van der Waals surface area contributed by atoms with Gasteiger partial charge in [0.15, 0.2) is 0 Å². The Hall–Kier alpha value is -3.21. The maximum atomic E-state index is 13.8. The van der Waals surface area contributed by atoms with Crippen molar-refractivity contribution in [2.24, 2.45) is 0 Å². The van der Waals surface area contributed by atoms with E-state index in [1.165, 1.54) is 5.56 Å². The number of anilines is 2. The summed E-state index contributed by atoms with van der Waals surface area (Å²) >= 11 is -0.375. The first-order chi connectivity index (χ1) is 21.4. The topological polar surface area (TPSA) is 138 Å². The van der Waals surface area contributed by atoms with Crippen molar-refractivity contribution in [3.05, 3.63) is 111 Å². The van der Waals surface area contributed by atoms with E-state index in [1.807, 2.05) is 54.6 Å². The average Bonchev–Trinajstić information content (AvgIpc) is 3.44. The Labute approximate surface area is 283 Å². The molecule has 0 spiro atoms. The Bertz CT molecular complexity index is 1810. The molecule has 236 valence electrons. The second kappa shape index (κ2) is 14.1. The van der Waals surface area contributed by atoms with Gasteiger partial charge in [-0.25, -0.2) is 0 Å². The molecule has 0 bridgehead atoms. The number of benzene rings is 3. The molecule has 0 radical (unpaired) electrons. The number of alkyl halides is 1. The number of aryl methyl sites for hydroxylation is 1. The number of carbonyl (C=O) groups is 2. The second-order valence-corrected chi connectivity index (χ2v) is 19.5. The number of amides is 2. The number of allylic oxidation sites excluding steroid dienone is 1. The number of fused-ring (bicyclic) bond motifs is 1. The molecule has 1 heterocycles. The first kappa shape index (κ1) is 33.2. The van der Waals surface area contributed by atoms with Gasteiger partial charge in [-0.15, -0.1) is 0 Å². The molecular weight excluding hydrogens is 820 g/mol. The van der Waals surface area contributed by atoms with Crippen molar-refractivity contribution >= 4 is 80.1 Å². The fourth-order valence-electron chi connectivity index (χ4n) is 4.59. The Kier molecular flexibility index (Phi) is 10.4. The van der Waals surface area contributed by atoms with Crippen molar-refractivity contribution < 1.29 is 27.0 Å². The molecule has 12 heteroatoms. The van der Waals surface area contributed by atoms with E-state index in [0.717, 1.165) is 39.1 Å². The quantitative estimate of drug-likeness (QED) is 0.0299. The summed E-state index contributed by atoms with van der Waals surface area (Å²) in [6.45, 7) is 4.05. The summed E-state index contributed by atoms with van der Waals surface area (Å²) in [7, 11) is -4.17. The third-order valence-corrected chi connectivity index (χ3v) is 12.7. The molecule has 0 saturated heterocycles. The van der Waals surface area contributed by atoms with E-state index in [-0.39, 0.29) is 13.9 Å². The molecule has 3 aromatic carbocycles. The van der Waals surface area contributed by atoms with E-state index in [2.05, 4.69) is 62.7 Å². The summed E-state index contributed by atoms with van der Waals surface area (Å²) in [4.78, 5) is 26.2. The van der Waals surface area contributed by atoms with Gasteiger partial charge in [-0.3, -0.25) is 0 Å². The van der Waals surface area contributed by atoms with Crippen molar-refractivity contribution in [2.45, 2.75) is 30.1 Å². The summed E-state index contributed by atoms with van der Waals surface area (Å²) in [6, 6.07) is 24.4. The Morgan fingerprint density at radius 1 is 0.978 bits per heavy atom. The van der Waals surface area contributed by atoms with Gasteiger partial charge in [0.25, 0.3) is 0 Å². The van der Waals surface area contributed by atoms with Gasteiger partial charge in [-0.1, -0.05) is 0 Å². The van der Waals surface area contributed by atoms with Gasteiger partial charge in [-0.2, -0.15) is 0 Å². The van der Waals surface area contributed by atoms with Crippen LogP contribution in [0, 0.1) is 3.57 Å². The summed E-state index contributed by atoms with van der Waals surface area (Å²) in [5.74, 6) is 0.662. The van der Waals surface area contributed by atoms with Crippen molar-refractivity contribution in [1.29, 1.82) is 0 Å². The SMILES string of the molecule is CC(C)(I)c1ccc(I(Nc2ccc(C(=O)NCCS(=O)(=O)O)cc2)C(=O)Nc2ccc(-c3cc4c(o3)C=CCC4)cc2)cc1. The van der Waals surface area contributed by atoms with Crippen LogP contribution in [0.1, 0.15) is 47.5 Å². The van der Waals surface area contributed by atoms with Gasteiger partial charge in [0.05, 0.1) is 0 Å². The maximum absolute atomic E-state index is 13.8. The molecule has 4 N–H and O–H groups in total. The van der Waals surface area contributed by atoms with Crippen LogP contribution in [-0.4, -0.2) is 35.1 Å². The molecule has 1 aliphatic rings. The van der Waals surface area contributed by atoms with Crippen LogP contribution in [-0.2, 0) is 20.0 Å². The fourth-order valence-corrected chi connectivity index (χ4v) is 9.07. The van der Waals surface area contributed by atoms with Crippen LogP contribution >= 0.6 is 42.7 Å². The fraction of sp³-hybridized carbons (Fsp3) is 0.212. The Balaban J connectivity index is 1.32. The van der Waals surface area contributed by atoms with Gasteiger partial charge >= 0.3 is 286 Å². The van der Waals surface area contributed by atoms with Gasteiger partial charge in [0.2, 0.25) is 0 Å². The zero-order chi connectivity index (χ0) is 32.2. The number of rotatable bonds is 11. The zero-order valence-corrected chi connectivity index (χ0v) is 29.8. The minimum absolute atomic E-state index is 0.0614. The van der Waals surface area contributed by atoms with Crippen molar-refractivity contribution in [2.75, 3.05) is 21.1 Å². The average molecular weight is 854 g/mol. The molecule has 1 aromatic heterocycles. The standard InChI is InChI=1S/C33H33I2N3O6S/c1-33(2,34)25-11-13-26(14-12-25)35(38-28-17-9-23(10-18-28)31(39)36-19-20-45(41,42)43)32(40)37-27-15-7-22(8-16-27)30-21-24-5-3-4-6-29(24)44-30/h4,6-18,21,38H,3,5,19-20H2,1-2H3,(H,36,39)(H,37,40)(H,41,42,43). The molecule has 5 rings (SSSR count). The van der Waals surface area contributed by atoms with E-state index in [4.69, 9.17) is 8.97 Å². The molecule has 45 heavy (non-hydrogen) atoms. The van der Waals surface area contributed by atoms with E-state index in [0.29, 0.717) is 16.9 Å². The minimum atomic E-state index is -4.17.